The number of hydrogen-bond acceptors (Lipinski definition) is 3. The first kappa shape index (κ1) is 13.6. The van der Waals surface area contributed by atoms with E-state index in [0.717, 1.165) is 15.8 Å². The van der Waals surface area contributed by atoms with Crippen LogP contribution in [-0.2, 0) is 9.53 Å². The minimum atomic E-state index is -0.374. The Morgan fingerprint density at radius 2 is 2.11 bits per heavy atom. The molecule has 0 saturated heterocycles. The summed E-state index contributed by atoms with van der Waals surface area (Å²) in [6.07, 6.45) is 2.95. The molecule has 0 atom stereocenters. The Bertz CT molecular complexity index is 599. The Morgan fingerprint density at radius 1 is 1.32 bits per heavy atom. The van der Waals surface area contributed by atoms with Gasteiger partial charge in [0.15, 0.2) is 0 Å². The number of furan rings is 1. The molecule has 1 aromatic carbocycles. The minimum Gasteiger partial charge on any atom is -0.463 e. The van der Waals surface area contributed by atoms with Crippen molar-refractivity contribution in [1.82, 2.24) is 0 Å². The second-order valence-electron chi connectivity index (χ2n) is 3.77. The van der Waals surface area contributed by atoms with Crippen LogP contribution in [0.15, 0.2) is 51.4 Å². The smallest absolute Gasteiger partial charge is 0.330 e. The number of rotatable bonds is 4. The van der Waals surface area contributed by atoms with E-state index in [9.17, 15) is 4.79 Å². The van der Waals surface area contributed by atoms with Crippen molar-refractivity contribution in [2.24, 2.45) is 0 Å². The SMILES string of the molecule is CCOC(=O)C=Cc1ccc(-c2ccccc2Br)o1. The van der Waals surface area contributed by atoms with Crippen LogP contribution >= 0.6 is 15.9 Å². The Balaban J connectivity index is 2.16. The minimum absolute atomic E-state index is 0.365. The summed E-state index contributed by atoms with van der Waals surface area (Å²) in [5.41, 5.74) is 0.971. The summed E-state index contributed by atoms with van der Waals surface area (Å²) in [7, 11) is 0. The summed E-state index contributed by atoms with van der Waals surface area (Å²) in [4.78, 5) is 11.2. The number of benzene rings is 1. The average molecular weight is 321 g/mol. The van der Waals surface area contributed by atoms with Crippen LogP contribution in [0.1, 0.15) is 12.7 Å². The third kappa shape index (κ3) is 3.58. The van der Waals surface area contributed by atoms with Crippen LogP contribution in [0.2, 0.25) is 0 Å². The quantitative estimate of drug-likeness (QED) is 0.623. The van der Waals surface area contributed by atoms with Crippen LogP contribution < -0.4 is 0 Å². The maximum absolute atomic E-state index is 11.2. The van der Waals surface area contributed by atoms with Crippen molar-refractivity contribution in [3.8, 4) is 11.3 Å². The highest BCUT2D eigenvalue weighted by Crippen LogP contribution is 2.29. The maximum atomic E-state index is 11.2. The van der Waals surface area contributed by atoms with Gasteiger partial charge in [0, 0.05) is 16.1 Å². The van der Waals surface area contributed by atoms with Gasteiger partial charge in [0.25, 0.3) is 0 Å². The third-order valence-electron chi connectivity index (χ3n) is 2.44. The first-order valence-corrected chi connectivity index (χ1v) is 6.69. The number of carbonyl (C=O) groups is 1. The molecular formula is C15H13BrO3. The predicted molar refractivity (Wildman–Crippen MR) is 77.5 cm³/mol. The second-order valence-corrected chi connectivity index (χ2v) is 4.62. The fourth-order valence-corrected chi connectivity index (χ4v) is 2.07. The van der Waals surface area contributed by atoms with Crippen LogP contribution in [0, 0.1) is 0 Å². The molecule has 0 amide bonds. The molecule has 4 heteroatoms. The Labute approximate surface area is 120 Å². The van der Waals surface area contributed by atoms with Crippen LogP contribution in [0.3, 0.4) is 0 Å². The van der Waals surface area contributed by atoms with Crippen molar-refractivity contribution in [3.63, 3.8) is 0 Å². The zero-order valence-electron chi connectivity index (χ0n) is 10.4. The van der Waals surface area contributed by atoms with E-state index in [1.165, 1.54) is 6.08 Å². The molecule has 0 saturated carbocycles. The van der Waals surface area contributed by atoms with E-state index in [1.807, 2.05) is 36.4 Å². The van der Waals surface area contributed by atoms with Crippen molar-refractivity contribution in [3.05, 3.63) is 52.7 Å². The van der Waals surface area contributed by atoms with Gasteiger partial charge in [0.2, 0.25) is 0 Å². The van der Waals surface area contributed by atoms with E-state index in [4.69, 9.17) is 9.15 Å². The van der Waals surface area contributed by atoms with Gasteiger partial charge >= 0.3 is 5.97 Å². The molecule has 0 unspecified atom stereocenters. The van der Waals surface area contributed by atoms with Gasteiger partial charge in [-0.15, -0.1) is 0 Å². The summed E-state index contributed by atoms with van der Waals surface area (Å²) < 4.78 is 11.4. The van der Waals surface area contributed by atoms with E-state index >= 15 is 0 Å². The maximum Gasteiger partial charge on any atom is 0.330 e. The second kappa shape index (κ2) is 6.38. The molecule has 0 N–H and O–H groups in total. The molecule has 0 aliphatic heterocycles. The molecule has 0 radical (unpaired) electrons. The third-order valence-corrected chi connectivity index (χ3v) is 3.13. The van der Waals surface area contributed by atoms with E-state index in [2.05, 4.69) is 15.9 Å². The van der Waals surface area contributed by atoms with Gasteiger partial charge in [-0.05, 0) is 31.2 Å². The van der Waals surface area contributed by atoms with Gasteiger partial charge in [0.1, 0.15) is 11.5 Å². The van der Waals surface area contributed by atoms with Crippen molar-refractivity contribution < 1.29 is 13.9 Å². The summed E-state index contributed by atoms with van der Waals surface area (Å²) in [5, 5.41) is 0. The van der Waals surface area contributed by atoms with E-state index in [-0.39, 0.29) is 5.97 Å². The topological polar surface area (TPSA) is 39.4 Å². The number of hydrogen-bond donors (Lipinski definition) is 0. The lowest BCUT2D eigenvalue weighted by Crippen LogP contribution is -1.98. The molecule has 1 aromatic heterocycles. The van der Waals surface area contributed by atoms with Gasteiger partial charge < -0.3 is 9.15 Å². The van der Waals surface area contributed by atoms with Gasteiger partial charge in [0.05, 0.1) is 6.61 Å². The van der Waals surface area contributed by atoms with Crippen LogP contribution in [0.25, 0.3) is 17.4 Å². The fraction of sp³-hybridized carbons (Fsp3) is 0.133. The summed E-state index contributed by atoms with van der Waals surface area (Å²) in [6.45, 7) is 2.13. The molecule has 2 aromatic rings. The van der Waals surface area contributed by atoms with Crippen LogP contribution in [0.5, 0.6) is 0 Å². The zero-order valence-corrected chi connectivity index (χ0v) is 12.0. The number of ether oxygens (including phenoxy) is 1. The van der Waals surface area contributed by atoms with Gasteiger partial charge in [-0.1, -0.05) is 34.1 Å². The van der Waals surface area contributed by atoms with Gasteiger partial charge in [-0.3, -0.25) is 0 Å². The largest absolute Gasteiger partial charge is 0.463 e. The van der Waals surface area contributed by atoms with Crippen molar-refractivity contribution in [2.75, 3.05) is 6.61 Å². The molecule has 0 bridgehead atoms. The van der Waals surface area contributed by atoms with Crippen molar-refractivity contribution >= 4 is 28.0 Å². The first-order valence-electron chi connectivity index (χ1n) is 5.90. The van der Waals surface area contributed by atoms with Crippen molar-refractivity contribution in [1.29, 1.82) is 0 Å². The molecule has 19 heavy (non-hydrogen) atoms. The lowest BCUT2D eigenvalue weighted by Gasteiger charge is -1.99. The summed E-state index contributed by atoms with van der Waals surface area (Å²) in [5.74, 6) is 0.983. The number of esters is 1. The van der Waals surface area contributed by atoms with Crippen LogP contribution in [-0.4, -0.2) is 12.6 Å². The highest BCUT2D eigenvalue weighted by molar-refractivity contribution is 9.10. The Kier molecular flexibility index (Phi) is 4.58. The van der Waals surface area contributed by atoms with Gasteiger partial charge in [-0.25, -0.2) is 4.79 Å². The molecule has 98 valence electrons. The molecule has 2 rings (SSSR count). The average Bonchev–Trinajstić information content (AvgIpc) is 2.86. The van der Waals surface area contributed by atoms with E-state index < -0.39 is 0 Å². The molecule has 1 heterocycles. The number of halogens is 1. The first-order chi connectivity index (χ1) is 9.20. The summed E-state index contributed by atoms with van der Waals surface area (Å²) >= 11 is 3.47. The fourth-order valence-electron chi connectivity index (χ4n) is 1.59. The lowest BCUT2D eigenvalue weighted by molar-refractivity contribution is -0.137. The standard InChI is InChI=1S/C15H13BrO3/c1-2-18-15(17)10-8-11-7-9-14(19-11)12-5-3-4-6-13(12)16/h3-10H,2H2,1H3. The lowest BCUT2D eigenvalue weighted by atomic mass is 10.2. The van der Waals surface area contributed by atoms with Gasteiger partial charge in [-0.2, -0.15) is 0 Å². The zero-order chi connectivity index (χ0) is 13.7. The molecule has 0 fully saturated rings. The normalized spacial score (nSPS) is 10.8. The molecule has 0 aliphatic carbocycles. The highest BCUT2D eigenvalue weighted by atomic mass is 79.9. The number of carbonyl (C=O) groups excluding carboxylic acids is 1. The van der Waals surface area contributed by atoms with Crippen molar-refractivity contribution in [2.45, 2.75) is 6.92 Å². The monoisotopic (exact) mass is 320 g/mol. The summed E-state index contributed by atoms with van der Waals surface area (Å²) in [6, 6.07) is 11.5. The van der Waals surface area contributed by atoms with E-state index in [0.29, 0.717) is 12.4 Å². The molecule has 0 spiro atoms. The Morgan fingerprint density at radius 3 is 2.84 bits per heavy atom. The predicted octanol–water partition coefficient (Wildman–Crippen LogP) is 4.29. The molecule has 3 nitrogen and oxygen atoms in total. The van der Waals surface area contributed by atoms with Crippen LogP contribution in [0.4, 0.5) is 0 Å². The van der Waals surface area contributed by atoms with E-state index in [1.54, 1.807) is 13.0 Å². The molecular weight excluding hydrogens is 308 g/mol. The highest BCUT2D eigenvalue weighted by Gasteiger charge is 2.06. The Hall–Kier alpha value is -1.81. The molecule has 0 aliphatic rings.